The molecule has 19 heavy (non-hydrogen) atoms. The first kappa shape index (κ1) is 10.6. The highest BCUT2D eigenvalue weighted by molar-refractivity contribution is 6.27. The third-order valence-electron chi connectivity index (χ3n) is 3.65. The van der Waals surface area contributed by atoms with Gasteiger partial charge in [0, 0.05) is 11.6 Å². The fraction of sp³-hybridized carbons (Fsp3) is 0.200. The second kappa shape index (κ2) is 3.82. The van der Waals surface area contributed by atoms with Crippen LogP contribution in [0.25, 0.3) is 6.08 Å². The zero-order valence-electron chi connectivity index (χ0n) is 10.3. The molecule has 1 amide bonds. The SMILES string of the molecule is O=C1NN=C(C2CC2)C1=C1C=Cc2ccccc2N1. The summed E-state index contributed by atoms with van der Waals surface area (Å²) in [7, 11) is 0. The maximum absolute atomic E-state index is 12.0. The van der Waals surface area contributed by atoms with Crippen LogP contribution in [0.1, 0.15) is 18.4 Å². The van der Waals surface area contributed by atoms with E-state index >= 15 is 0 Å². The molecular weight excluding hydrogens is 238 g/mol. The zero-order valence-corrected chi connectivity index (χ0v) is 10.3. The van der Waals surface area contributed by atoms with Crippen molar-refractivity contribution in [2.75, 3.05) is 5.32 Å². The third-order valence-corrected chi connectivity index (χ3v) is 3.65. The van der Waals surface area contributed by atoms with E-state index < -0.39 is 0 Å². The lowest BCUT2D eigenvalue weighted by Gasteiger charge is -2.17. The zero-order chi connectivity index (χ0) is 12.8. The lowest BCUT2D eigenvalue weighted by Crippen LogP contribution is -2.19. The van der Waals surface area contributed by atoms with Gasteiger partial charge in [-0.3, -0.25) is 4.79 Å². The summed E-state index contributed by atoms with van der Waals surface area (Å²) >= 11 is 0. The number of allylic oxidation sites excluding steroid dienone is 1. The van der Waals surface area contributed by atoms with Crippen LogP contribution in [0.3, 0.4) is 0 Å². The summed E-state index contributed by atoms with van der Waals surface area (Å²) in [6.45, 7) is 0. The van der Waals surface area contributed by atoms with Gasteiger partial charge in [-0.05, 0) is 30.5 Å². The van der Waals surface area contributed by atoms with E-state index in [0.29, 0.717) is 11.5 Å². The highest BCUT2D eigenvalue weighted by Crippen LogP contribution is 2.36. The van der Waals surface area contributed by atoms with Gasteiger partial charge in [0.2, 0.25) is 0 Å². The third kappa shape index (κ3) is 1.68. The van der Waals surface area contributed by atoms with Crippen LogP contribution in [-0.2, 0) is 4.79 Å². The minimum Gasteiger partial charge on any atom is -0.354 e. The van der Waals surface area contributed by atoms with Crippen LogP contribution in [0.2, 0.25) is 0 Å². The van der Waals surface area contributed by atoms with Crippen molar-refractivity contribution in [1.82, 2.24) is 5.43 Å². The number of hydrazone groups is 1. The van der Waals surface area contributed by atoms with Gasteiger partial charge in [-0.2, -0.15) is 5.10 Å². The van der Waals surface area contributed by atoms with Gasteiger partial charge in [-0.25, -0.2) is 5.43 Å². The van der Waals surface area contributed by atoms with Crippen LogP contribution >= 0.6 is 0 Å². The first-order valence-electron chi connectivity index (χ1n) is 6.49. The molecule has 0 bridgehead atoms. The van der Waals surface area contributed by atoms with Gasteiger partial charge in [-0.15, -0.1) is 0 Å². The number of nitrogens with one attached hydrogen (secondary N) is 2. The minimum absolute atomic E-state index is 0.103. The van der Waals surface area contributed by atoms with Gasteiger partial charge in [0.15, 0.2) is 0 Å². The van der Waals surface area contributed by atoms with E-state index in [0.717, 1.165) is 35.5 Å². The molecule has 4 rings (SSSR count). The molecule has 0 radical (unpaired) electrons. The molecule has 1 aromatic carbocycles. The highest BCUT2D eigenvalue weighted by Gasteiger charge is 2.37. The number of hydrogen-bond acceptors (Lipinski definition) is 3. The number of nitrogens with zero attached hydrogens (tertiary/aromatic N) is 1. The van der Waals surface area contributed by atoms with E-state index in [-0.39, 0.29) is 5.91 Å². The van der Waals surface area contributed by atoms with E-state index in [9.17, 15) is 4.79 Å². The molecular formula is C15H13N3O. The molecule has 0 saturated heterocycles. The van der Waals surface area contributed by atoms with E-state index in [1.807, 2.05) is 36.4 Å². The molecule has 1 aliphatic carbocycles. The number of para-hydroxylation sites is 1. The Kier molecular flexibility index (Phi) is 2.12. The molecule has 0 aromatic heterocycles. The topological polar surface area (TPSA) is 53.5 Å². The summed E-state index contributed by atoms with van der Waals surface area (Å²) in [5, 5.41) is 7.51. The Labute approximate surface area is 110 Å². The van der Waals surface area contributed by atoms with E-state index in [2.05, 4.69) is 15.8 Å². The van der Waals surface area contributed by atoms with Gasteiger partial charge in [0.25, 0.3) is 5.91 Å². The van der Waals surface area contributed by atoms with E-state index in [1.165, 1.54) is 0 Å². The van der Waals surface area contributed by atoms with Crippen LogP contribution in [0.15, 0.2) is 46.7 Å². The van der Waals surface area contributed by atoms with Crippen molar-refractivity contribution in [3.8, 4) is 0 Å². The lowest BCUT2D eigenvalue weighted by atomic mass is 10.0. The summed E-state index contributed by atoms with van der Waals surface area (Å²) in [6.07, 6.45) is 6.25. The summed E-state index contributed by atoms with van der Waals surface area (Å²) < 4.78 is 0. The maximum atomic E-state index is 12.0. The minimum atomic E-state index is -0.103. The molecule has 0 spiro atoms. The second-order valence-corrected chi connectivity index (χ2v) is 5.05. The molecule has 4 nitrogen and oxygen atoms in total. The van der Waals surface area contributed by atoms with Gasteiger partial charge >= 0.3 is 0 Å². The molecule has 1 fully saturated rings. The van der Waals surface area contributed by atoms with Crippen LogP contribution in [0.4, 0.5) is 5.69 Å². The summed E-state index contributed by atoms with van der Waals surface area (Å²) in [5.41, 5.74) is 7.21. The molecule has 1 saturated carbocycles. The number of carbonyl (C=O) groups is 1. The van der Waals surface area contributed by atoms with Crippen molar-refractivity contribution >= 4 is 23.4 Å². The molecule has 2 aliphatic heterocycles. The molecule has 0 atom stereocenters. The predicted molar refractivity (Wildman–Crippen MR) is 74.4 cm³/mol. The largest absolute Gasteiger partial charge is 0.354 e. The number of amides is 1. The van der Waals surface area contributed by atoms with Gasteiger partial charge < -0.3 is 5.32 Å². The summed E-state index contributed by atoms with van der Waals surface area (Å²) in [5.74, 6) is 0.349. The van der Waals surface area contributed by atoms with Gasteiger partial charge in [-0.1, -0.05) is 24.3 Å². The van der Waals surface area contributed by atoms with Crippen molar-refractivity contribution in [3.05, 3.63) is 47.2 Å². The van der Waals surface area contributed by atoms with Crippen molar-refractivity contribution < 1.29 is 4.79 Å². The number of rotatable bonds is 1. The standard InChI is InChI=1S/C15H13N3O/c19-15-13(14(17-18-15)10-5-6-10)12-8-7-9-3-1-2-4-11(9)16-12/h1-4,7-8,10,16H,5-6H2,(H,18,19). The fourth-order valence-electron chi connectivity index (χ4n) is 2.51. The average molecular weight is 251 g/mol. The normalized spacial score (nSPS) is 24.6. The second-order valence-electron chi connectivity index (χ2n) is 5.05. The van der Waals surface area contributed by atoms with Crippen LogP contribution in [0.5, 0.6) is 0 Å². The Morgan fingerprint density at radius 3 is 2.84 bits per heavy atom. The molecule has 3 aliphatic rings. The Morgan fingerprint density at radius 2 is 2.00 bits per heavy atom. The Hall–Kier alpha value is -2.36. The number of anilines is 1. The first-order valence-corrected chi connectivity index (χ1v) is 6.49. The summed E-state index contributed by atoms with van der Waals surface area (Å²) in [6, 6.07) is 8.05. The van der Waals surface area contributed by atoms with Crippen LogP contribution < -0.4 is 10.7 Å². The molecule has 0 unspecified atom stereocenters. The molecule has 2 heterocycles. The summed E-state index contributed by atoms with van der Waals surface area (Å²) in [4.78, 5) is 12.0. The van der Waals surface area contributed by atoms with Crippen LogP contribution in [0, 0.1) is 5.92 Å². The monoisotopic (exact) mass is 251 g/mol. The Bertz CT molecular complexity index is 666. The molecule has 2 N–H and O–H groups in total. The van der Waals surface area contributed by atoms with Crippen molar-refractivity contribution in [3.63, 3.8) is 0 Å². The van der Waals surface area contributed by atoms with Crippen molar-refractivity contribution in [2.24, 2.45) is 11.0 Å². The average Bonchev–Trinajstić information content (AvgIpc) is 3.21. The van der Waals surface area contributed by atoms with Gasteiger partial charge in [0.05, 0.1) is 17.0 Å². The molecule has 94 valence electrons. The number of benzene rings is 1. The predicted octanol–water partition coefficient (Wildman–Crippen LogP) is 2.28. The number of fused-ring (bicyclic) bond motifs is 1. The number of hydrogen-bond donors (Lipinski definition) is 2. The Balaban J connectivity index is 1.79. The highest BCUT2D eigenvalue weighted by atomic mass is 16.2. The van der Waals surface area contributed by atoms with Crippen molar-refractivity contribution in [2.45, 2.75) is 12.8 Å². The molecule has 4 heteroatoms. The quantitative estimate of drug-likeness (QED) is 0.752. The van der Waals surface area contributed by atoms with Gasteiger partial charge in [0.1, 0.15) is 0 Å². The van der Waals surface area contributed by atoms with E-state index in [4.69, 9.17) is 0 Å². The molecule has 1 aromatic rings. The first-order chi connectivity index (χ1) is 9.33. The lowest BCUT2D eigenvalue weighted by molar-refractivity contribution is -0.116. The van der Waals surface area contributed by atoms with E-state index in [1.54, 1.807) is 0 Å². The van der Waals surface area contributed by atoms with Crippen molar-refractivity contribution in [1.29, 1.82) is 0 Å². The maximum Gasteiger partial charge on any atom is 0.275 e. The smallest absolute Gasteiger partial charge is 0.275 e. The Morgan fingerprint density at radius 1 is 1.16 bits per heavy atom. The van der Waals surface area contributed by atoms with Crippen LogP contribution in [-0.4, -0.2) is 11.6 Å². The fourth-order valence-corrected chi connectivity index (χ4v) is 2.51. The number of carbonyl (C=O) groups excluding carboxylic acids is 1.